The van der Waals surface area contributed by atoms with Gasteiger partial charge < -0.3 is 0 Å². The number of anilines is 1. The summed E-state index contributed by atoms with van der Waals surface area (Å²) in [6.45, 7) is 0. The van der Waals surface area contributed by atoms with Crippen LogP contribution in [-0.4, -0.2) is 13.4 Å². The van der Waals surface area contributed by atoms with Crippen LogP contribution >= 0.6 is 15.9 Å². The fourth-order valence-electron chi connectivity index (χ4n) is 2.20. The largest absolute Gasteiger partial charge is 0.280 e. The number of aromatic nitrogens is 1. The van der Waals surface area contributed by atoms with Crippen molar-refractivity contribution < 1.29 is 8.42 Å². The van der Waals surface area contributed by atoms with Gasteiger partial charge >= 0.3 is 0 Å². The van der Waals surface area contributed by atoms with Gasteiger partial charge in [0.25, 0.3) is 10.0 Å². The summed E-state index contributed by atoms with van der Waals surface area (Å²) in [4.78, 5) is 4.19. The minimum atomic E-state index is -3.62. The number of benzene rings is 2. The van der Waals surface area contributed by atoms with Crippen molar-refractivity contribution in [1.82, 2.24) is 4.98 Å². The Morgan fingerprint density at radius 1 is 0.880 bits per heavy atom. The number of hydrogen-bond acceptors (Lipinski definition) is 3. The van der Waals surface area contributed by atoms with Crippen LogP contribution in [-0.2, 0) is 10.0 Å². The van der Waals surface area contributed by atoms with Gasteiger partial charge in [-0.1, -0.05) is 40.2 Å². The first-order valence-electron chi connectivity index (χ1n) is 7.49. The Hall–Kier alpha value is -2.44. The van der Waals surface area contributed by atoms with E-state index in [4.69, 9.17) is 0 Å². The van der Waals surface area contributed by atoms with Crippen LogP contribution in [0, 0.1) is 0 Å². The first kappa shape index (κ1) is 17.4. The summed E-state index contributed by atoms with van der Waals surface area (Å²) >= 11 is 3.30. The van der Waals surface area contributed by atoms with E-state index < -0.39 is 10.0 Å². The van der Waals surface area contributed by atoms with Crippen molar-refractivity contribution in [3.05, 3.63) is 88.7 Å². The van der Waals surface area contributed by atoms with Crippen molar-refractivity contribution in [2.75, 3.05) is 4.72 Å². The van der Waals surface area contributed by atoms with Gasteiger partial charge in [0.15, 0.2) is 0 Å². The molecule has 0 bridgehead atoms. The molecule has 126 valence electrons. The Morgan fingerprint density at radius 2 is 1.56 bits per heavy atom. The van der Waals surface area contributed by atoms with Crippen LogP contribution in [0.2, 0.25) is 0 Å². The van der Waals surface area contributed by atoms with Crippen LogP contribution < -0.4 is 4.72 Å². The number of hydrogen-bond donors (Lipinski definition) is 1. The molecule has 1 heterocycles. The Kier molecular flexibility index (Phi) is 5.31. The van der Waals surface area contributed by atoms with Crippen LogP contribution in [0.4, 0.5) is 5.69 Å². The zero-order valence-electron chi connectivity index (χ0n) is 13.1. The molecule has 4 nitrogen and oxygen atoms in total. The summed E-state index contributed by atoms with van der Waals surface area (Å²) in [5, 5.41) is 0. The Bertz CT molecular complexity index is 985. The zero-order valence-corrected chi connectivity index (χ0v) is 15.5. The third-order valence-electron chi connectivity index (χ3n) is 3.44. The van der Waals surface area contributed by atoms with Gasteiger partial charge in [-0.3, -0.25) is 9.71 Å². The molecule has 3 rings (SSSR count). The fourth-order valence-corrected chi connectivity index (χ4v) is 3.51. The summed E-state index contributed by atoms with van der Waals surface area (Å²) in [5.41, 5.74) is 2.43. The molecule has 0 amide bonds. The minimum Gasteiger partial charge on any atom is -0.280 e. The molecule has 6 heteroatoms. The lowest BCUT2D eigenvalue weighted by Crippen LogP contribution is -2.12. The average molecular weight is 415 g/mol. The summed E-state index contributed by atoms with van der Waals surface area (Å²) in [5.74, 6) is 0. The standard InChI is InChI=1S/C19H15BrN2O2S/c20-17-6-8-19(9-7-17)25(23,24)22-18-3-1-2-16(14-18)5-4-15-10-12-21-13-11-15/h1-14,22H/b5-4+. The van der Waals surface area contributed by atoms with Gasteiger partial charge in [-0.15, -0.1) is 0 Å². The van der Waals surface area contributed by atoms with Gasteiger partial charge in [0, 0.05) is 22.6 Å². The van der Waals surface area contributed by atoms with Crippen molar-refractivity contribution in [3.8, 4) is 0 Å². The van der Waals surface area contributed by atoms with Crippen LogP contribution in [0.5, 0.6) is 0 Å². The quantitative estimate of drug-likeness (QED) is 0.650. The number of sulfonamides is 1. The van der Waals surface area contributed by atoms with Crippen molar-refractivity contribution in [1.29, 1.82) is 0 Å². The zero-order chi connectivity index (χ0) is 17.7. The van der Waals surface area contributed by atoms with E-state index >= 15 is 0 Å². The highest BCUT2D eigenvalue weighted by Gasteiger charge is 2.13. The fraction of sp³-hybridized carbons (Fsp3) is 0. The predicted molar refractivity (Wildman–Crippen MR) is 105 cm³/mol. The lowest BCUT2D eigenvalue weighted by molar-refractivity contribution is 0.601. The monoisotopic (exact) mass is 414 g/mol. The van der Waals surface area contributed by atoms with E-state index in [1.54, 1.807) is 48.8 Å². The van der Waals surface area contributed by atoms with Gasteiger partial charge in [0.05, 0.1) is 4.90 Å². The molecule has 0 saturated carbocycles. The van der Waals surface area contributed by atoms with Crippen molar-refractivity contribution in [2.24, 2.45) is 0 Å². The maximum atomic E-state index is 12.5. The van der Waals surface area contributed by atoms with Gasteiger partial charge in [0.2, 0.25) is 0 Å². The van der Waals surface area contributed by atoms with E-state index in [9.17, 15) is 8.42 Å². The molecule has 2 aromatic carbocycles. The maximum Gasteiger partial charge on any atom is 0.261 e. The highest BCUT2D eigenvalue weighted by molar-refractivity contribution is 9.10. The summed E-state index contributed by atoms with van der Waals surface area (Å²) in [7, 11) is -3.62. The third kappa shape index (κ3) is 4.78. The highest BCUT2D eigenvalue weighted by Crippen LogP contribution is 2.20. The van der Waals surface area contributed by atoms with Gasteiger partial charge in [-0.25, -0.2) is 8.42 Å². The number of pyridine rings is 1. The molecular formula is C19H15BrN2O2S. The molecule has 0 aliphatic rings. The lowest BCUT2D eigenvalue weighted by atomic mass is 10.1. The van der Waals surface area contributed by atoms with E-state index in [1.165, 1.54) is 0 Å². The van der Waals surface area contributed by atoms with Gasteiger partial charge in [0.1, 0.15) is 0 Å². The lowest BCUT2D eigenvalue weighted by Gasteiger charge is -2.09. The number of nitrogens with one attached hydrogen (secondary N) is 1. The summed E-state index contributed by atoms with van der Waals surface area (Å²) in [6.07, 6.45) is 7.32. The predicted octanol–water partition coefficient (Wildman–Crippen LogP) is 4.82. The molecule has 0 fully saturated rings. The SMILES string of the molecule is O=S(=O)(Nc1cccc(/C=C/c2ccncc2)c1)c1ccc(Br)cc1. The summed E-state index contributed by atoms with van der Waals surface area (Å²) in [6, 6.07) is 17.5. The first-order valence-corrected chi connectivity index (χ1v) is 9.77. The molecule has 0 spiro atoms. The first-order chi connectivity index (χ1) is 12.0. The number of rotatable bonds is 5. The van der Waals surface area contributed by atoms with E-state index in [2.05, 4.69) is 25.6 Å². The van der Waals surface area contributed by atoms with Gasteiger partial charge in [-0.05, 0) is 59.7 Å². The number of nitrogens with zero attached hydrogens (tertiary/aromatic N) is 1. The van der Waals surface area contributed by atoms with Crippen LogP contribution in [0.1, 0.15) is 11.1 Å². The molecule has 0 saturated heterocycles. The topological polar surface area (TPSA) is 59.1 Å². The van der Waals surface area contributed by atoms with Crippen LogP contribution in [0.3, 0.4) is 0 Å². The Balaban J connectivity index is 1.79. The second-order valence-corrected chi connectivity index (χ2v) is 7.90. The molecule has 1 N–H and O–H groups in total. The smallest absolute Gasteiger partial charge is 0.261 e. The molecule has 25 heavy (non-hydrogen) atoms. The van der Waals surface area contributed by atoms with E-state index in [-0.39, 0.29) is 4.90 Å². The maximum absolute atomic E-state index is 12.5. The molecule has 0 radical (unpaired) electrons. The molecule has 3 aromatic rings. The van der Waals surface area contributed by atoms with Crippen LogP contribution in [0.15, 0.2) is 82.4 Å². The van der Waals surface area contributed by atoms with Crippen molar-refractivity contribution >= 4 is 43.8 Å². The second kappa shape index (κ2) is 7.63. The third-order valence-corrected chi connectivity index (χ3v) is 5.36. The molecule has 1 aromatic heterocycles. The van der Waals surface area contributed by atoms with E-state index in [0.717, 1.165) is 15.6 Å². The molecule has 0 atom stereocenters. The van der Waals surface area contributed by atoms with Crippen LogP contribution in [0.25, 0.3) is 12.2 Å². The average Bonchev–Trinajstić information content (AvgIpc) is 2.61. The normalized spacial score (nSPS) is 11.6. The summed E-state index contributed by atoms with van der Waals surface area (Å²) < 4.78 is 28.3. The van der Waals surface area contributed by atoms with Crippen molar-refractivity contribution in [2.45, 2.75) is 4.90 Å². The second-order valence-electron chi connectivity index (χ2n) is 5.30. The minimum absolute atomic E-state index is 0.216. The van der Waals surface area contributed by atoms with E-state index in [0.29, 0.717) is 5.69 Å². The molecule has 0 aliphatic heterocycles. The Morgan fingerprint density at radius 3 is 2.28 bits per heavy atom. The number of halogens is 1. The van der Waals surface area contributed by atoms with Gasteiger partial charge in [-0.2, -0.15) is 0 Å². The molecule has 0 aliphatic carbocycles. The van der Waals surface area contributed by atoms with E-state index in [1.807, 2.05) is 36.4 Å². The molecule has 0 unspecified atom stereocenters. The Labute approximate surface area is 155 Å². The van der Waals surface area contributed by atoms with Crippen molar-refractivity contribution in [3.63, 3.8) is 0 Å². The highest BCUT2D eigenvalue weighted by atomic mass is 79.9. The molecular weight excluding hydrogens is 400 g/mol.